The van der Waals surface area contributed by atoms with Gasteiger partial charge in [-0.2, -0.15) is 0 Å². The van der Waals surface area contributed by atoms with Gasteiger partial charge in [0, 0.05) is 49.3 Å². The monoisotopic (exact) mass is 604 g/mol. The quantitative estimate of drug-likeness (QED) is 0.260. The van der Waals surface area contributed by atoms with Crippen molar-refractivity contribution in [2.45, 2.75) is 65.7 Å². The average Bonchev–Trinajstić information content (AvgIpc) is 2.94. The molecule has 3 aromatic rings. The molecule has 3 aliphatic rings. The summed E-state index contributed by atoms with van der Waals surface area (Å²) in [5, 5.41) is 17.3. The van der Waals surface area contributed by atoms with Crippen LogP contribution in [-0.2, 0) is 4.79 Å². The number of nitrogens with zero attached hydrogens (tertiary/aromatic N) is 2. The minimum atomic E-state index is -2.36. The molecule has 0 aliphatic carbocycles. The highest BCUT2D eigenvalue weighted by atomic mass is 28.3. The van der Waals surface area contributed by atoms with Gasteiger partial charge < -0.3 is 19.5 Å². The van der Waals surface area contributed by atoms with Gasteiger partial charge in [-0.1, -0.05) is 19.2 Å². The molecular formula is C37H40N2O4Si. The van der Waals surface area contributed by atoms with Crippen LogP contribution in [0.4, 0.5) is 5.69 Å². The van der Waals surface area contributed by atoms with Crippen molar-refractivity contribution in [1.29, 1.82) is 0 Å². The van der Waals surface area contributed by atoms with Crippen LogP contribution in [0.2, 0.25) is 13.1 Å². The molecule has 0 radical (unpaired) electrons. The molecule has 0 atom stereocenters. The van der Waals surface area contributed by atoms with Gasteiger partial charge >= 0.3 is 0 Å². The molecule has 0 saturated heterocycles. The Kier molecular flexibility index (Phi) is 6.53. The zero-order chi connectivity index (χ0) is 32.1. The normalized spacial score (nSPS) is 18.7. The summed E-state index contributed by atoms with van der Waals surface area (Å²) >= 11 is 0. The van der Waals surface area contributed by atoms with Gasteiger partial charge in [-0.25, -0.2) is 4.58 Å². The van der Waals surface area contributed by atoms with Crippen LogP contribution >= 0.6 is 0 Å². The fourth-order valence-electron chi connectivity index (χ4n) is 7.46. The second-order valence-corrected chi connectivity index (χ2v) is 18.4. The molecule has 0 bridgehead atoms. The number of anilines is 1. The Balaban J connectivity index is 1.85. The largest absolute Gasteiger partial charge is 0.545 e. The maximum atomic E-state index is 12.6. The van der Waals surface area contributed by atoms with E-state index in [1.165, 1.54) is 44.7 Å². The van der Waals surface area contributed by atoms with Crippen LogP contribution < -0.4 is 40.3 Å². The maximum Gasteiger partial charge on any atom is 0.298 e. The summed E-state index contributed by atoms with van der Waals surface area (Å²) in [6.45, 7) is 18.3. The van der Waals surface area contributed by atoms with E-state index in [-0.39, 0.29) is 22.4 Å². The first kappa shape index (κ1) is 29.8. The van der Waals surface area contributed by atoms with E-state index >= 15 is 0 Å². The molecular weight excluding hydrogens is 565 g/mol. The van der Waals surface area contributed by atoms with E-state index in [1.807, 2.05) is 0 Å². The zero-order valence-corrected chi connectivity index (χ0v) is 28.3. The third-order valence-corrected chi connectivity index (χ3v) is 13.8. The van der Waals surface area contributed by atoms with Crippen molar-refractivity contribution in [3.8, 4) is 5.75 Å². The molecule has 0 aromatic heterocycles. The molecule has 0 amide bonds. The van der Waals surface area contributed by atoms with Crippen molar-refractivity contribution in [2.24, 2.45) is 0 Å². The number of hydrogen-bond acceptors (Lipinski definition) is 5. The predicted octanol–water partition coefficient (Wildman–Crippen LogP) is 2.92. The number of hydrogen-bond donors (Lipinski definition) is 0. The number of carboxylic acids is 1. The Bertz CT molecular complexity index is 2010. The minimum Gasteiger partial charge on any atom is -0.545 e. The number of allylic oxidation sites excluding steroid dienone is 2. The number of carbonyl (C=O) groups excluding carboxylic acids is 2. The van der Waals surface area contributed by atoms with Crippen molar-refractivity contribution < 1.29 is 19.4 Å². The van der Waals surface area contributed by atoms with Crippen molar-refractivity contribution >= 4 is 53.3 Å². The highest BCUT2D eigenvalue weighted by molar-refractivity contribution is 7.01. The lowest BCUT2D eigenvalue weighted by Crippen LogP contribution is -2.64. The lowest BCUT2D eigenvalue weighted by molar-refractivity contribution is -0.255. The van der Waals surface area contributed by atoms with E-state index in [9.17, 15) is 14.7 Å². The number of fused-ring (bicyclic) bond motifs is 4. The van der Waals surface area contributed by atoms with Gasteiger partial charge in [0.1, 0.15) is 20.9 Å². The first-order chi connectivity index (χ1) is 20.5. The van der Waals surface area contributed by atoms with Crippen LogP contribution in [0.25, 0.3) is 16.7 Å². The smallest absolute Gasteiger partial charge is 0.298 e. The van der Waals surface area contributed by atoms with Crippen LogP contribution in [0, 0.1) is 0 Å². The van der Waals surface area contributed by atoms with Crippen molar-refractivity contribution in [1.82, 2.24) is 4.58 Å². The fraction of sp³-hybridized carbons (Fsp3) is 0.324. The van der Waals surface area contributed by atoms with Gasteiger partial charge in [-0.3, -0.25) is 4.79 Å². The molecule has 6 nitrogen and oxygen atoms in total. The molecule has 0 unspecified atom stereocenters. The van der Waals surface area contributed by atoms with E-state index < -0.39 is 14.0 Å². The summed E-state index contributed by atoms with van der Waals surface area (Å²) in [5.41, 5.74) is 7.86. The van der Waals surface area contributed by atoms with Crippen molar-refractivity contribution in [3.05, 3.63) is 93.0 Å². The van der Waals surface area contributed by atoms with Crippen molar-refractivity contribution in [3.63, 3.8) is 0 Å². The summed E-state index contributed by atoms with van der Waals surface area (Å²) in [7, 11) is 1.92. The Labute approximate surface area is 260 Å². The lowest BCUT2D eigenvalue weighted by atomic mass is 9.84. The molecule has 0 fully saturated rings. The van der Waals surface area contributed by atoms with Gasteiger partial charge in [-0.15, -0.1) is 0 Å². The van der Waals surface area contributed by atoms with E-state index in [2.05, 4.69) is 115 Å². The summed E-state index contributed by atoms with van der Waals surface area (Å²) in [4.78, 5) is 26.3. The SMILES string of the molecule is CC1=CC(C)(C)N(C)c2cc3c(cc21)C(c1cc(OC=O)ccc1C(=O)[O-])=c1cc2c(cc1[Si]3(C)C)=[N+](C)C(C)(C)C=C2C. The van der Waals surface area contributed by atoms with Crippen molar-refractivity contribution in [2.75, 3.05) is 19.0 Å². The number of rotatable bonds is 4. The zero-order valence-electron chi connectivity index (χ0n) is 27.3. The molecule has 0 spiro atoms. The number of ether oxygens (including phenoxy) is 1. The highest BCUT2D eigenvalue weighted by Crippen LogP contribution is 2.41. The van der Waals surface area contributed by atoms with Crippen LogP contribution in [0.5, 0.6) is 5.75 Å². The number of aromatic carboxylic acids is 1. The standard InChI is InChI=1S/C37H40N2O4Si/c1-21-18-36(3,4)38(7)30-16-32-28(14-25(21)30)34(27-13-23(43-20-40)11-12-24(27)35(41)42)29-15-26-22(2)19-37(5,6)39(8)31(26)17-33(29)44(32,9)10/h11-20H,1-10H3. The van der Waals surface area contributed by atoms with E-state index in [4.69, 9.17) is 4.74 Å². The number of benzene rings is 3. The number of carboxylic acid groups (broad SMARTS) is 1. The topological polar surface area (TPSA) is 72.7 Å². The second-order valence-electron chi connectivity index (χ2n) is 14.1. The molecule has 6 rings (SSSR count). The first-order valence-electron chi connectivity index (χ1n) is 15.1. The van der Waals surface area contributed by atoms with Crippen LogP contribution in [0.15, 0.2) is 54.6 Å². The molecule has 44 heavy (non-hydrogen) atoms. The molecule has 0 N–H and O–H groups in total. The van der Waals surface area contributed by atoms with E-state index in [0.29, 0.717) is 12.0 Å². The first-order valence-corrected chi connectivity index (χ1v) is 18.1. The molecule has 226 valence electrons. The predicted molar refractivity (Wildman–Crippen MR) is 179 cm³/mol. The summed E-state index contributed by atoms with van der Waals surface area (Å²) in [5.74, 6) is -0.995. The third kappa shape index (κ3) is 4.24. The molecule has 3 aromatic carbocycles. The number of likely N-dealkylation sites (N-methyl/N-ethyl adjacent to an activating group) is 2. The third-order valence-electron chi connectivity index (χ3n) is 10.3. The van der Waals surface area contributed by atoms with Crippen LogP contribution in [-0.4, -0.2) is 45.7 Å². The Hall–Kier alpha value is -4.23. The van der Waals surface area contributed by atoms with Crippen LogP contribution in [0.3, 0.4) is 0 Å². The minimum absolute atomic E-state index is 0.0583. The molecule has 3 aliphatic heterocycles. The van der Waals surface area contributed by atoms with Gasteiger partial charge in [0.05, 0.1) is 11.5 Å². The molecule has 7 heteroatoms. The Morgan fingerprint density at radius 2 is 1.59 bits per heavy atom. The fourth-order valence-corrected chi connectivity index (χ4v) is 10.5. The molecule has 3 heterocycles. The molecule has 0 saturated carbocycles. The van der Waals surface area contributed by atoms with Gasteiger partial charge in [0.2, 0.25) is 5.36 Å². The lowest BCUT2D eigenvalue weighted by Gasteiger charge is -2.43. The van der Waals surface area contributed by atoms with Gasteiger partial charge in [0.15, 0.2) is 5.54 Å². The number of carbonyl (C=O) groups is 2. The second kappa shape index (κ2) is 9.63. The Morgan fingerprint density at radius 1 is 0.909 bits per heavy atom. The Morgan fingerprint density at radius 3 is 2.25 bits per heavy atom. The summed E-state index contributed by atoms with van der Waals surface area (Å²) in [6.07, 6.45) is 4.57. The average molecular weight is 605 g/mol. The highest BCUT2D eigenvalue weighted by Gasteiger charge is 2.40. The summed E-state index contributed by atoms with van der Waals surface area (Å²) in [6, 6.07) is 13.8. The van der Waals surface area contributed by atoms with E-state index in [1.54, 1.807) is 6.07 Å². The van der Waals surface area contributed by atoms with E-state index in [0.717, 1.165) is 27.5 Å². The van der Waals surface area contributed by atoms with Gasteiger partial charge in [0.25, 0.3) is 6.47 Å². The summed E-state index contributed by atoms with van der Waals surface area (Å²) < 4.78 is 7.58. The van der Waals surface area contributed by atoms with Crippen LogP contribution in [0.1, 0.15) is 74.2 Å². The van der Waals surface area contributed by atoms with Gasteiger partial charge in [-0.05, 0) is 114 Å². The maximum absolute atomic E-state index is 12.6.